The highest BCUT2D eigenvalue weighted by molar-refractivity contribution is 5.95. The van der Waals surface area contributed by atoms with Gasteiger partial charge in [0.05, 0.1) is 17.2 Å². The fraction of sp³-hybridized carbons (Fsp3) is 0.524. The zero-order valence-electron chi connectivity index (χ0n) is 16.7. The van der Waals surface area contributed by atoms with Crippen LogP contribution in [0.25, 0.3) is 10.9 Å². The summed E-state index contributed by atoms with van der Waals surface area (Å²) in [4.78, 5) is 26.2. The number of alkyl halides is 1. The molecule has 2 aromatic rings. The van der Waals surface area contributed by atoms with E-state index in [0.29, 0.717) is 35.8 Å². The van der Waals surface area contributed by atoms with Crippen LogP contribution in [-0.2, 0) is 0 Å². The Morgan fingerprint density at radius 2 is 2.07 bits per heavy atom. The second-order valence-electron chi connectivity index (χ2n) is 8.10. The lowest BCUT2D eigenvalue weighted by Gasteiger charge is -2.24. The molecule has 1 aliphatic heterocycles. The molecule has 4 unspecified atom stereocenters. The van der Waals surface area contributed by atoms with Crippen molar-refractivity contribution < 1.29 is 18.7 Å². The van der Waals surface area contributed by atoms with Gasteiger partial charge in [-0.2, -0.15) is 0 Å². The standard InChI is InChI=1S/C21H25F2N3O3/c1-4-11-7-25(9-16(11)24-3)19-10(2)18-12(5-15(19)23)20(27)13(21(28)29)8-26(18)17-6-14(17)22/h5,8,11,14,16-17,24H,4,6-7,9H2,1-3H3,(H,28,29). The summed E-state index contributed by atoms with van der Waals surface area (Å²) in [6.45, 7) is 5.13. The molecule has 2 aliphatic rings. The van der Waals surface area contributed by atoms with Crippen LogP contribution in [0.5, 0.6) is 0 Å². The molecule has 2 heterocycles. The van der Waals surface area contributed by atoms with Crippen LogP contribution in [0.4, 0.5) is 14.5 Å². The van der Waals surface area contributed by atoms with Crippen molar-refractivity contribution in [3.63, 3.8) is 0 Å². The van der Waals surface area contributed by atoms with Crippen LogP contribution in [0.1, 0.15) is 41.7 Å². The number of aromatic carboxylic acids is 1. The SMILES string of the molecule is CCC1CN(c2c(F)cc3c(=O)c(C(=O)O)cn(C4CC4F)c3c2C)CC1NC. The zero-order chi connectivity index (χ0) is 21.0. The molecule has 1 saturated carbocycles. The van der Waals surface area contributed by atoms with Gasteiger partial charge < -0.3 is 19.9 Å². The number of carboxylic acid groups (broad SMARTS) is 1. The molecule has 1 aromatic heterocycles. The molecule has 2 fully saturated rings. The summed E-state index contributed by atoms with van der Waals surface area (Å²) in [5.41, 5.74) is 0.156. The number of likely N-dealkylation sites (N-methyl/N-ethyl adjacent to an activating group) is 1. The number of nitrogens with zero attached hydrogens (tertiary/aromatic N) is 2. The largest absolute Gasteiger partial charge is 0.477 e. The quantitative estimate of drug-likeness (QED) is 0.800. The molecular weight excluding hydrogens is 380 g/mol. The van der Waals surface area contributed by atoms with Crippen LogP contribution in [0.15, 0.2) is 17.1 Å². The average molecular weight is 405 g/mol. The van der Waals surface area contributed by atoms with Crippen LogP contribution in [0.2, 0.25) is 0 Å². The number of nitrogens with one attached hydrogen (secondary N) is 1. The summed E-state index contributed by atoms with van der Waals surface area (Å²) in [7, 11) is 1.89. The van der Waals surface area contributed by atoms with Crippen molar-refractivity contribution in [1.29, 1.82) is 0 Å². The number of anilines is 1. The Hall–Kier alpha value is -2.48. The number of aromatic nitrogens is 1. The minimum absolute atomic E-state index is 0.0147. The van der Waals surface area contributed by atoms with Crippen LogP contribution in [0.3, 0.4) is 0 Å². The fourth-order valence-electron chi connectivity index (χ4n) is 4.71. The first-order chi connectivity index (χ1) is 13.8. The maximum Gasteiger partial charge on any atom is 0.341 e. The Bertz CT molecular complexity index is 1040. The van der Waals surface area contributed by atoms with E-state index in [1.807, 2.05) is 11.9 Å². The molecule has 0 radical (unpaired) electrons. The van der Waals surface area contributed by atoms with Crippen molar-refractivity contribution in [3.8, 4) is 0 Å². The summed E-state index contributed by atoms with van der Waals surface area (Å²) in [5.74, 6) is -1.59. The minimum atomic E-state index is -1.40. The number of benzene rings is 1. The molecule has 4 atom stereocenters. The normalized spacial score (nSPS) is 26.3. The van der Waals surface area contributed by atoms with Gasteiger partial charge in [-0.05, 0) is 31.5 Å². The van der Waals surface area contributed by atoms with E-state index in [-0.39, 0.29) is 17.8 Å². The van der Waals surface area contributed by atoms with Crippen molar-refractivity contribution >= 4 is 22.6 Å². The molecule has 8 heteroatoms. The first kappa shape index (κ1) is 19.8. The summed E-state index contributed by atoms with van der Waals surface area (Å²) >= 11 is 0. The van der Waals surface area contributed by atoms with Gasteiger partial charge in [0.2, 0.25) is 5.43 Å². The molecular formula is C21H25F2N3O3. The monoisotopic (exact) mass is 405 g/mol. The molecule has 1 aromatic carbocycles. The van der Waals surface area contributed by atoms with E-state index in [2.05, 4.69) is 12.2 Å². The second kappa shape index (κ2) is 7.09. The van der Waals surface area contributed by atoms with E-state index in [1.165, 1.54) is 10.8 Å². The Morgan fingerprint density at radius 3 is 2.59 bits per heavy atom. The molecule has 4 rings (SSSR count). The second-order valence-corrected chi connectivity index (χ2v) is 8.10. The van der Waals surface area contributed by atoms with Gasteiger partial charge in [-0.15, -0.1) is 0 Å². The first-order valence-corrected chi connectivity index (χ1v) is 9.95. The number of carbonyl (C=O) groups is 1. The lowest BCUT2D eigenvalue weighted by Crippen LogP contribution is -2.33. The highest BCUT2D eigenvalue weighted by atomic mass is 19.1. The van der Waals surface area contributed by atoms with Gasteiger partial charge in [-0.25, -0.2) is 13.6 Å². The van der Waals surface area contributed by atoms with Crippen molar-refractivity contribution in [1.82, 2.24) is 9.88 Å². The summed E-state index contributed by atoms with van der Waals surface area (Å²) in [6, 6.07) is 0.816. The topological polar surface area (TPSA) is 74.6 Å². The average Bonchev–Trinajstić information content (AvgIpc) is 3.25. The van der Waals surface area contributed by atoms with Gasteiger partial charge in [-0.3, -0.25) is 4.79 Å². The van der Waals surface area contributed by atoms with Crippen molar-refractivity contribution in [3.05, 3.63) is 39.4 Å². The molecule has 29 heavy (non-hydrogen) atoms. The summed E-state index contributed by atoms with van der Waals surface area (Å²) in [6.07, 6.45) is 1.32. The van der Waals surface area contributed by atoms with E-state index in [1.54, 1.807) is 6.92 Å². The molecule has 6 nitrogen and oxygen atoms in total. The van der Waals surface area contributed by atoms with E-state index >= 15 is 4.39 Å². The minimum Gasteiger partial charge on any atom is -0.477 e. The van der Waals surface area contributed by atoms with Gasteiger partial charge in [0.15, 0.2) is 0 Å². The highest BCUT2D eigenvalue weighted by Crippen LogP contribution is 2.43. The van der Waals surface area contributed by atoms with Crippen LogP contribution in [-0.4, -0.2) is 48.0 Å². The smallest absolute Gasteiger partial charge is 0.341 e. The van der Waals surface area contributed by atoms with Gasteiger partial charge in [0, 0.05) is 37.1 Å². The number of aryl methyl sites for hydroxylation is 1. The van der Waals surface area contributed by atoms with E-state index in [4.69, 9.17) is 0 Å². The molecule has 2 N–H and O–H groups in total. The van der Waals surface area contributed by atoms with Crippen molar-refractivity contribution in [2.45, 2.75) is 44.9 Å². The predicted octanol–water partition coefficient (Wildman–Crippen LogP) is 2.86. The Morgan fingerprint density at radius 1 is 1.38 bits per heavy atom. The lowest BCUT2D eigenvalue weighted by atomic mass is 10.0. The number of halogens is 2. The van der Waals surface area contributed by atoms with Crippen LogP contribution >= 0.6 is 0 Å². The van der Waals surface area contributed by atoms with Crippen molar-refractivity contribution in [2.75, 3.05) is 25.0 Å². The molecule has 1 saturated heterocycles. The van der Waals surface area contributed by atoms with E-state index < -0.39 is 35.0 Å². The molecule has 0 bridgehead atoms. The number of rotatable bonds is 5. The number of hydrogen-bond donors (Lipinski definition) is 2. The number of hydrogen-bond acceptors (Lipinski definition) is 4. The maximum atomic E-state index is 15.2. The highest BCUT2D eigenvalue weighted by Gasteiger charge is 2.41. The summed E-state index contributed by atoms with van der Waals surface area (Å²) in [5, 5.41) is 12.6. The molecule has 0 amide bonds. The van der Waals surface area contributed by atoms with E-state index in [9.17, 15) is 19.1 Å². The van der Waals surface area contributed by atoms with Crippen LogP contribution in [0, 0.1) is 18.7 Å². The number of carboxylic acids is 1. The predicted molar refractivity (Wildman–Crippen MR) is 107 cm³/mol. The molecule has 156 valence electrons. The first-order valence-electron chi connectivity index (χ1n) is 9.95. The Balaban J connectivity index is 1.94. The Kier molecular flexibility index (Phi) is 4.85. The third-order valence-corrected chi connectivity index (χ3v) is 6.40. The lowest BCUT2D eigenvalue weighted by molar-refractivity contribution is 0.0694. The third kappa shape index (κ3) is 3.10. The van der Waals surface area contributed by atoms with Gasteiger partial charge in [0.1, 0.15) is 17.6 Å². The number of fused-ring (bicyclic) bond motifs is 1. The fourth-order valence-corrected chi connectivity index (χ4v) is 4.71. The number of pyridine rings is 1. The third-order valence-electron chi connectivity index (χ3n) is 6.40. The van der Waals surface area contributed by atoms with Gasteiger partial charge in [-0.1, -0.05) is 13.3 Å². The summed E-state index contributed by atoms with van der Waals surface area (Å²) < 4.78 is 30.6. The van der Waals surface area contributed by atoms with Gasteiger partial charge >= 0.3 is 5.97 Å². The van der Waals surface area contributed by atoms with Crippen LogP contribution < -0.4 is 15.6 Å². The zero-order valence-corrected chi connectivity index (χ0v) is 16.7. The van der Waals surface area contributed by atoms with Gasteiger partial charge in [0.25, 0.3) is 0 Å². The maximum absolute atomic E-state index is 15.2. The van der Waals surface area contributed by atoms with Crippen molar-refractivity contribution in [2.24, 2.45) is 5.92 Å². The molecule has 1 aliphatic carbocycles. The Labute approximate surface area is 167 Å². The van der Waals surface area contributed by atoms with E-state index in [0.717, 1.165) is 12.5 Å². The molecule has 0 spiro atoms.